The molecule has 1 unspecified atom stereocenters. The minimum atomic E-state index is -0.368. The largest absolute Gasteiger partial charge is 0.357 e. The molecule has 1 aliphatic heterocycles. The fourth-order valence-corrected chi connectivity index (χ4v) is 5.74. The lowest BCUT2D eigenvalue weighted by Crippen LogP contribution is -2.45. The van der Waals surface area contributed by atoms with E-state index in [1.165, 1.54) is 33.6 Å². The van der Waals surface area contributed by atoms with Crippen LogP contribution in [0.15, 0.2) is 97.1 Å². The van der Waals surface area contributed by atoms with Crippen LogP contribution in [0.2, 0.25) is 0 Å². The molecule has 0 amide bonds. The molecule has 0 saturated carbocycles. The van der Waals surface area contributed by atoms with Crippen LogP contribution in [0.3, 0.4) is 0 Å². The van der Waals surface area contributed by atoms with E-state index in [1.54, 1.807) is 0 Å². The van der Waals surface area contributed by atoms with Crippen molar-refractivity contribution in [1.29, 1.82) is 0 Å². The zero-order valence-corrected chi connectivity index (χ0v) is 20.5. The smallest absolute Gasteiger partial charge is 0.141 e. The number of aryl methyl sites for hydroxylation is 1. The van der Waals surface area contributed by atoms with Crippen molar-refractivity contribution in [2.45, 2.75) is 33.0 Å². The van der Waals surface area contributed by atoms with E-state index < -0.39 is 0 Å². The Bertz CT molecular complexity index is 1530. The summed E-state index contributed by atoms with van der Waals surface area (Å²) in [6.07, 6.45) is 0. The number of nitrogens with zero attached hydrogens (tertiary/aromatic N) is 3. The second-order valence-electron chi connectivity index (χ2n) is 9.22. The molecule has 0 spiro atoms. The van der Waals surface area contributed by atoms with Gasteiger partial charge in [0.15, 0.2) is 0 Å². The normalized spacial score (nSPS) is 16.9. The van der Waals surface area contributed by atoms with Gasteiger partial charge < -0.3 is 14.8 Å². The Kier molecular flexibility index (Phi) is 5.10. The SMILES string of the molecule is CCN1c2ccccc2NC1(C)c1ccccc1-c1ccccc1-c1nc2ccccc2n1CC. The summed E-state index contributed by atoms with van der Waals surface area (Å²) in [7, 11) is 0. The quantitative estimate of drug-likeness (QED) is 0.296. The molecule has 1 aliphatic rings. The molecule has 6 rings (SSSR count). The molecule has 0 fully saturated rings. The average molecular weight is 459 g/mol. The molecule has 4 nitrogen and oxygen atoms in total. The van der Waals surface area contributed by atoms with Crippen molar-refractivity contribution in [2.24, 2.45) is 0 Å². The first-order chi connectivity index (χ1) is 17.2. The van der Waals surface area contributed by atoms with Crippen LogP contribution >= 0.6 is 0 Å². The molecule has 1 aromatic heterocycles. The number of hydrogen-bond acceptors (Lipinski definition) is 3. The van der Waals surface area contributed by atoms with E-state index in [-0.39, 0.29) is 5.66 Å². The Balaban J connectivity index is 1.56. The summed E-state index contributed by atoms with van der Waals surface area (Å²) < 4.78 is 2.32. The van der Waals surface area contributed by atoms with E-state index in [2.05, 4.69) is 133 Å². The second kappa shape index (κ2) is 8.31. The number of fused-ring (bicyclic) bond motifs is 2. The van der Waals surface area contributed by atoms with Crippen molar-refractivity contribution < 1.29 is 0 Å². The van der Waals surface area contributed by atoms with Crippen molar-refractivity contribution in [3.05, 3.63) is 103 Å². The lowest BCUT2D eigenvalue weighted by atomic mass is 9.88. The molecule has 174 valence electrons. The zero-order chi connectivity index (χ0) is 24.0. The summed E-state index contributed by atoms with van der Waals surface area (Å²) in [5.41, 5.74) is 9.08. The van der Waals surface area contributed by atoms with E-state index in [0.29, 0.717) is 0 Å². The van der Waals surface area contributed by atoms with Gasteiger partial charge in [-0.2, -0.15) is 0 Å². The predicted molar refractivity (Wildman–Crippen MR) is 147 cm³/mol. The topological polar surface area (TPSA) is 33.1 Å². The Morgan fingerprint density at radius 3 is 2.17 bits per heavy atom. The Hall–Kier alpha value is -4.05. The van der Waals surface area contributed by atoms with Crippen LogP contribution in [-0.2, 0) is 12.2 Å². The van der Waals surface area contributed by atoms with Gasteiger partial charge in [0.2, 0.25) is 0 Å². The van der Waals surface area contributed by atoms with Crippen LogP contribution in [0, 0.1) is 0 Å². The highest BCUT2D eigenvalue weighted by Gasteiger charge is 2.41. The average Bonchev–Trinajstić information content (AvgIpc) is 3.43. The molecule has 2 heterocycles. The molecule has 1 atom stereocenters. The minimum Gasteiger partial charge on any atom is -0.357 e. The van der Waals surface area contributed by atoms with Crippen molar-refractivity contribution in [3.63, 3.8) is 0 Å². The van der Waals surface area contributed by atoms with Crippen LogP contribution < -0.4 is 10.2 Å². The summed E-state index contributed by atoms with van der Waals surface area (Å²) in [6, 6.07) is 34.5. The molecule has 1 N–H and O–H groups in total. The number of rotatable bonds is 5. The number of hydrogen-bond donors (Lipinski definition) is 1. The Morgan fingerprint density at radius 1 is 0.714 bits per heavy atom. The molecule has 5 aromatic rings. The number of nitrogens with one attached hydrogen (secondary N) is 1. The van der Waals surface area contributed by atoms with Gasteiger partial charge in [-0.1, -0.05) is 72.8 Å². The van der Waals surface area contributed by atoms with Gasteiger partial charge >= 0.3 is 0 Å². The van der Waals surface area contributed by atoms with E-state index in [9.17, 15) is 0 Å². The van der Waals surface area contributed by atoms with Gasteiger partial charge in [-0.3, -0.25) is 0 Å². The number of benzene rings is 4. The van der Waals surface area contributed by atoms with Gasteiger partial charge in [-0.15, -0.1) is 0 Å². The number of anilines is 2. The summed E-state index contributed by atoms with van der Waals surface area (Å²) in [4.78, 5) is 7.55. The molecular formula is C31H30N4. The van der Waals surface area contributed by atoms with Gasteiger partial charge in [0.1, 0.15) is 11.5 Å². The monoisotopic (exact) mass is 458 g/mol. The summed E-state index contributed by atoms with van der Waals surface area (Å²) >= 11 is 0. The predicted octanol–water partition coefficient (Wildman–Crippen LogP) is 7.51. The third-order valence-electron chi connectivity index (χ3n) is 7.31. The second-order valence-corrected chi connectivity index (χ2v) is 9.22. The van der Waals surface area contributed by atoms with E-state index in [1.807, 2.05) is 0 Å². The highest BCUT2D eigenvalue weighted by molar-refractivity contribution is 5.89. The highest BCUT2D eigenvalue weighted by atomic mass is 15.4. The van der Waals surface area contributed by atoms with Crippen LogP contribution in [-0.4, -0.2) is 16.1 Å². The summed E-state index contributed by atoms with van der Waals surface area (Å²) in [6.45, 7) is 8.47. The molecular weight excluding hydrogens is 428 g/mol. The summed E-state index contributed by atoms with van der Waals surface area (Å²) in [5, 5.41) is 3.85. The first-order valence-corrected chi connectivity index (χ1v) is 12.4. The molecule has 0 bridgehead atoms. The van der Waals surface area contributed by atoms with E-state index >= 15 is 0 Å². The van der Waals surface area contributed by atoms with Gasteiger partial charge in [0, 0.05) is 24.2 Å². The lowest BCUT2D eigenvalue weighted by molar-refractivity contribution is 0.530. The number of imidazole rings is 1. The van der Waals surface area contributed by atoms with Crippen molar-refractivity contribution >= 4 is 22.4 Å². The first kappa shape index (κ1) is 21.5. The third-order valence-corrected chi connectivity index (χ3v) is 7.31. The maximum Gasteiger partial charge on any atom is 0.141 e. The van der Waals surface area contributed by atoms with Crippen molar-refractivity contribution in [3.8, 4) is 22.5 Å². The van der Waals surface area contributed by atoms with Gasteiger partial charge in [0.05, 0.1) is 22.4 Å². The zero-order valence-electron chi connectivity index (χ0n) is 20.5. The van der Waals surface area contributed by atoms with Crippen molar-refractivity contribution in [2.75, 3.05) is 16.8 Å². The Labute approximate surface area is 206 Å². The van der Waals surface area contributed by atoms with Gasteiger partial charge in [-0.25, -0.2) is 4.98 Å². The lowest BCUT2D eigenvalue weighted by Gasteiger charge is -2.38. The van der Waals surface area contributed by atoms with Crippen LogP contribution in [0.5, 0.6) is 0 Å². The maximum atomic E-state index is 5.08. The molecule has 0 radical (unpaired) electrons. The fourth-order valence-electron chi connectivity index (χ4n) is 5.74. The van der Waals surface area contributed by atoms with Gasteiger partial charge in [-0.05, 0) is 56.2 Å². The Morgan fingerprint density at radius 2 is 1.37 bits per heavy atom. The molecule has 0 aliphatic carbocycles. The summed E-state index contributed by atoms with van der Waals surface area (Å²) in [5.74, 6) is 1.01. The maximum absolute atomic E-state index is 5.08. The van der Waals surface area contributed by atoms with Crippen molar-refractivity contribution in [1.82, 2.24) is 9.55 Å². The first-order valence-electron chi connectivity index (χ1n) is 12.4. The highest BCUT2D eigenvalue weighted by Crippen LogP contribution is 2.48. The van der Waals surface area contributed by atoms with Gasteiger partial charge in [0.25, 0.3) is 0 Å². The molecule has 0 saturated heterocycles. The van der Waals surface area contributed by atoms with Crippen LogP contribution in [0.25, 0.3) is 33.5 Å². The van der Waals surface area contributed by atoms with E-state index in [0.717, 1.165) is 30.0 Å². The minimum absolute atomic E-state index is 0.368. The van der Waals surface area contributed by atoms with E-state index in [4.69, 9.17) is 4.98 Å². The number of para-hydroxylation sites is 4. The molecule has 4 heteroatoms. The number of aromatic nitrogens is 2. The van der Waals surface area contributed by atoms with Crippen LogP contribution in [0.4, 0.5) is 11.4 Å². The third kappa shape index (κ3) is 3.24. The standard InChI is InChI=1S/C31H30N4/c1-4-34-28-20-12-10-18-26(28)32-30(34)24-16-7-6-14-22(24)23-15-8-9-17-25(23)31(3)33-27-19-11-13-21-29(27)35(31)5-2/h6-21,33H,4-5H2,1-3H3. The molecule has 4 aromatic carbocycles. The fraction of sp³-hybridized carbons (Fsp3) is 0.194. The molecule has 35 heavy (non-hydrogen) atoms. The van der Waals surface area contributed by atoms with Crippen LogP contribution in [0.1, 0.15) is 26.3 Å².